The van der Waals surface area contributed by atoms with Crippen molar-refractivity contribution in [2.45, 2.75) is 13.1 Å². The zero-order valence-electron chi connectivity index (χ0n) is 13.1. The van der Waals surface area contributed by atoms with E-state index in [1.54, 1.807) is 11.0 Å². The average Bonchev–Trinajstić information content (AvgIpc) is 3.16. The Hall–Kier alpha value is -3.29. The molecule has 25 heavy (non-hydrogen) atoms. The number of urea groups is 1. The van der Waals surface area contributed by atoms with Crippen molar-refractivity contribution in [3.05, 3.63) is 77.9 Å². The van der Waals surface area contributed by atoms with E-state index in [1.165, 1.54) is 6.33 Å². The third-order valence-electron chi connectivity index (χ3n) is 3.49. The monoisotopic (exact) mass is 343 g/mol. The molecule has 2 aromatic carbocycles. The molecular weight excluding hydrogens is 328 g/mol. The summed E-state index contributed by atoms with van der Waals surface area (Å²) in [6.07, 6.45) is 3.01. The molecule has 0 bridgehead atoms. The number of nitrogens with zero attached hydrogens (tertiary/aromatic N) is 3. The van der Waals surface area contributed by atoms with Crippen LogP contribution in [0.25, 0.3) is 5.69 Å². The molecule has 0 atom stereocenters. The number of amides is 2. The van der Waals surface area contributed by atoms with E-state index in [-0.39, 0.29) is 18.7 Å². The average molecular weight is 343 g/mol. The number of halogens is 2. The van der Waals surface area contributed by atoms with Crippen molar-refractivity contribution in [1.29, 1.82) is 0 Å². The predicted octanol–water partition coefficient (Wildman–Crippen LogP) is 2.54. The molecule has 2 N–H and O–H groups in total. The third-order valence-corrected chi connectivity index (χ3v) is 3.49. The van der Waals surface area contributed by atoms with Crippen molar-refractivity contribution in [3.63, 3.8) is 0 Å². The van der Waals surface area contributed by atoms with Gasteiger partial charge in [0, 0.05) is 18.7 Å². The lowest BCUT2D eigenvalue weighted by Gasteiger charge is -2.09. The van der Waals surface area contributed by atoms with Gasteiger partial charge in [0.15, 0.2) is 0 Å². The Morgan fingerprint density at radius 2 is 1.92 bits per heavy atom. The quantitative estimate of drug-likeness (QED) is 0.748. The van der Waals surface area contributed by atoms with Gasteiger partial charge >= 0.3 is 6.03 Å². The Labute approximate surface area is 142 Å². The number of carbonyl (C=O) groups is 1. The largest absolute Gasteiger partial charge is 0.334 e. The Balaban J connectivity index is 1.54. The van der Waals surface area contributed by atoms with Crippen molar-refractivity contribution < 1.29 is 13.6 Å². The summed E-state index contributed by atoms with van der Waals surface area (Å²) in [4.78, 5) is 15.7. The van der Waals surface area contributed by atoms with E-state index in [4.69, 9.17) is 0 Å². The molecule has 128 valence electrons. The lowest BCUT2D eigenvalue weighted by molar-refractivity contribution is 0.240. The first-order valence-corrected chi connectivity index (χ1v) is 7.51. The van der Waals surface area contributed by atoms with Gasteiger partial charge < -0.3 is 10.6 Å². The maximum Gasteiger partial charge on any atom is 0.315 e. The minimum Gasteiger partial charge on any atom is -0.334 e. The van der Waals surface area contributed by atoms with Crippen LogP contribution in [0.1, 0.15) is 11.1 Å². The zero-order valence-corrected chi connectivity index (χ0v) is 13.1. The predicted molar refractivity (Wildman–Crippen MR) is 86.8 cm³/mol. The normalized spacial score (nSPS) is 10.5. The van der Waals surface area contributed by atoms with E-state index in [0.29, 0.717) is 0 Å². The first-order valence-electron chi connectivity index (χ1n) is 7.51. The van der Waals surface area contributed by atoms with Crippen LogP contribution in [0, 0.1) is 11.6 Å². The summed E-state index contributed by atoms with van der Waals surface area (Å²) >= 11 is 0. The summed E-state index contributed by atoms with van der Waals surface area (Å²) < 4.78 is 28.2. The van der Waals surface area contributed by atoms with Gasteiger partial charge in [0.1, 0.15) is 24.3 Å². The number of benzene rings is 2. The molecule has 6 nitrogen and oxygen atoms in total. The summed E-state index contributed by atoms with van der Waals surface area (Å²) in [5.41, 5.74) is 1.77. The summed E-state index contributed by atoms with van der Waals surface area (Å²) in [5, 5.41) is 9.20. The van der Waals surface area contributed by atoms with Gasteiger partial charge in [-0.15, -0.1) is 0 Å². The van der Waals surface area contributed by atoms with Gasteiger partial charge in [-0.25, -0.2) is 23.2 Å². The van der Waals surface area contributed by atoms with E-state index in [2.05, 4.69) is 20.7 Å². The molecular formula is C17H15F2N5O. The van der Waals surface area contributed by atoms with Gasteiger partial charge in [0.25, 0.3) is 0 Å². The summed E-state index contributed by atoms with van der Waals surface area (Å²) in [7, 11) is 0. The third kappa shape index (κ3) is 4.37. The van der Waals surface area contributed by atoms with Crippen LogP contribution < -0.4 is 10.6 Å². The maximum atomic E-state index is 13.5. The van der Waals surface area contributed by atoms with Crippen LogP contribution in [0.5, 0.6) is 0 Å². The van der Waals surface area contributed by atoms with E-state index in [0.717, 1.165) is 29.4 Å². The molecule has 0 unspecified atom stereocenters. The fraction of sp³-hybridized carbons (Fsp3) is 0.118. The molecule has 0 aliphatic rings. The van der Waals surface area contributed by atoms with E-state index < -0.39 is 17.7 Å². The second-order valence-corrected chi connectivity index (χ2v) is 5.28. The Morgan fingerprint density at radius 3 is 2.72 bits per heavy atom. The van der Waals surface area contributed by atoms with Gasteiger partial charge in [0.05, 0.1) is 5.69 Å². The minimum absolute atomic E-state index is 0.0864. The molecule has 0 spiro atoms. The lowest BCUT2D eigenvalue weighted by atomic mass is 10.2. The molecule has 0 fully saturated rings. The summed E-state index contributed by atoms with van der Waals surface area (Å²) in [6.45, 7) is 0.175. The molecule has 8 heteroatoms. The van der Waals surface area contributed by atoms with Gasteiger partial charge in [-0.1, -0.05) is 12.1 Å². The summed E-state index contributed by atoms with van der Waals surface area (Å²) in [6, 6.07) is 10.1. The van der Waals surface area contributed by atoms with Crippen molar-refractivity contribution in [2.24, 2.45) is 0 Å². The number of hydrogen-bond acceptors (Lipinski definition) is 3. The van der Waals surface area contributed by atoms with Crippen LogP contribution in [-0.2, 0) is 13.1 Å². The lowest BCUT2D eigenvalue weighted by Crippen LogP contribution is -2.34. The Kier molecular flexibility index (Phi) is 4.98. The van der Waals surface area contributed by atoms with Crippen molar-refractivity contribution in [2.75, 3.05) is 0 Å². The van der Waals surface area contributed by atoms with Crippen LogP contribution in [0.2, 0.25) is 0 Å². The highest BCUT2D eigenvalue weighted by Crippen LogP contribution is 2.10. The fourth-order valence-electron chi connectivity index (χ4n) is 2.25. The second kappa shape index (κ2) is 7.52. The molecule has 0 aliphatic heterocycles. The summed E-state index contributed by atoms with van der Waals surface area (Å²) in [5.74, 6) is -1.12. The first-order chi connectivity index (χ1) is 12.1. The van der Waals surface area contributed by atoms with Crippen molar-refractivity contribution in [3.8, 4) is 5.69 Å². The molecule has 3 rings (SSSR count). The Bertz CT molecular complexity index is 867. The highest BCUT2D eigenvalue weighted by atomic mass is 19.1. The number of rotatable bonds is 5. The highest BCUT2D eigenvalue weighted by molar-refractivity contribution is 5.73. The number of carbonyl (C=O) groups excluding carboxylic acids is 1. The molecule has 0 aliphatic carbocycles. The number of aromatic nitrogens is 3. The van der Waals surface area contributed by atoms with Gasteiger partial charge in [-0.3, -0.25) is 0 Å². The zero-order chi connectivity index (χ0) is 17.6. The minimum atomic E-state index is -0.567. The van der Waals surface area contributed by atoms with Gasteiger partial charge in [-0.2, -0.15) is 5.10 Å². The molecule has 2 amide bonds. The second-order valence-electron chi connectivity index (χ2n) is 5.28. The fourth-order valence-corrected chi connectivity index (χ4v) is 2.25. The number of hydrogen-bond donors (Lipinski definition) is 2. The SMILES string of the molecule is O=C(NCc1cccc(-n2cncn2)c1)NCc1cc(F)ccc1F. The van der Waals surface area contributed by atoms with Crippen molar-refractivity contribution in [1.82, 2.24) is 25.4 Å². The van der Waals surface area contributed by atoms with Crippen LogP contribution >= 0.6 is 0 Å². The van der Waals surface area contributed by atoms with Gasteiger partial charge in [-0.05, 0) is 35.9 Å². The first kappa shape index (κ1) is 16.6. The molecule has 0 saturated carbocycles. The van der Waals surface area contributed by atoms with E-state index in [1.807, 2.05) is 24.3 Å². The van der Waals surface area contributed by atoms with Crippen molar-refractivity contribution >= 4 is 6.03 Å². The topological polar surface area (TPSA) is 71.8 Å². The molecule has 0 saturated heterocycles. The number of nitrogens with one attached hydrogen (secondary N) is 2. The van der Waals surface area contributed by atoms with Crippen LogP contribution in [0.4, 0.5) is 13.6 Å². The highest BCUT2D eigenvalue weighted by Gasteiger charge is 2.07. The Morgan fingerprint density at radius 1 is 1.08 bits per heavy atom. The maximum absolute atomic E-state index is 13.5. The van der Waals surface area contributed by atoms with Crippen LogP contribution in [0.3, 0.4) is 0 Å². The molecule has 3 aromatic rings. The molecule has 1 heterocycles. The van der Waals surface area contributed by atoms with Gasteiger partial charge in [0.2, 0.25) is 0 Å². The van der Waals surface area contributed by atoms with Crippen LogP contribution in [0.15, 0.2) is 55.1 Å². The van der Waals surface area contributed by atoms with E-state index >= 15 is 0 Å². The molecule has 0 radical (unpaired) electrons. The standard InChI is InChI=1S/C17H15F2N5O/c18-14-4-5-16(19)13(7-14)9-22-17(25)21-8-12-2-1-3-15(6-12)24-11-20-10-23-24/h1-7,10-11H,8-9H2,(H2,21,22,25). The smallest absolute Gasteiger partial charge is 0.315 e. The molecule has 1 aromatic heterocycles. The van der Waals surface area contributed by atoms with E-state index in [9.17, 15) is 13.6 Å². The van der Waals surface area contributed by atoms with Crippen LogP contribution in [-0.4, -0.2) is 20.8 Å².